The number of nitrogens with zero attached hydrogens (tertiary/aromatic N) is 2. The van der Waals surface area contributed by atoms with E-state index in [9.17, 15) is 52.6 Å². The van der Waals surface area contributed by atoms with Gasteiger partial charge in [-0.2, -0.15) is 0 Å². The first-order valence-electron chi connectivity index (χ1n) is 35.4. The van der Waals surface area contributed by atoms with Crippen LogP contribution in [0.1, 0.15) is 161 Å². The Balaban J connectivity index is 0.000000331. The van der Waals surface area contributed by atoms with Gasteiger partial charge < -0.3 is 51.9 Å². The van der Waals surface area contributed by atoms with E-state index in [0.717, 1.165) is 30.4 Å². The number of phosphoric ester groups is 1. The van der Waals surface area contributed by atoms with Crippen LogP contribution in [0.4, 0.5) is 0 Å². The van der Waals surface area contributed by atoms with Crippen molar-refractivity contribution in [3.05, 3.63) is 197 Å². The number of esters is 5. The number of likely N-dealkylation sites (N-methyl/N-ethyl adjacent to an activating group) is 2. The number of ketones is 3. The molecule has 22 heteroatoms. The van der Waals surface area contributed by atoms with Crippen LogP contribution < -0.4 is 24.4 Å². The van der Waals surface area contributed by atoms with E-state index >= 15 is 0 Å². The minimum atomic E-state index is -4.49. The van der Waals surface area contributed by atoms with Gasteiger partial charge in [-0.05, 0) is 132 Å². The summed E-state index contributed by atoms with van der Waals surface area (Å²) in [5.74, 6) is -4.10. The highest BCUT2D eigenvalue weighted by molar-refractivity contribution is 7.45. The molecule has 0 bridgehead atoms. The summed E-state index contributed by atoms with van der Waals surface area (Å²) in [5, 5.41) is 2.90. The van der Waals surface area contributed by atoms with E-state index in [1.54, 1.807) is 149 Å². The highest BCUT2D eigenvalue weighted by Gasteiger charge is 2.30. The second kappa shape index (κ2) is 44.0. The predicted molar refractivity (Wildman–Crippen MR) is 393 cm³/mol. The molecule has 0 aliphatic heterocycles. The largest absolute Gasteiger partial charge is 0.756 e. The molecule has 6 aromatic carbocycles. The zero-order valence-electron chi connectivity index (χ0n) is 62.4. The lowest BCUT2D eigenvalue weighted by atomic mass is 9.92. The number of amides is 1. The molecule has 103 heavy (non-hydrogen) atoms. The minimum absolute atomic E-state index is 0.0219. The fourth-order valence-corrected chi connectivity index (χ4v) is 11.0. The Morgan fingerprint density at radius 3 is 1.04 bits per heavy atom. The zero-order valence-corrected chi connectivity index (χ0v) is 63.3. The number of unbranched alkanes of at least 4 members (excludes halogenated alkanes) is 1. The Hall–Kier alpha value is -8.82. The van der Waals surface area contributed by atoms with Gasteiger partial charge in [-0.15, -0.1) is 0 Å². The Kier molecular flexibility index (Phi) is 37.0. The van der Waals surface area contributed by atoms with Crippen LogP contribution in [0.2, 0.25) is 0 Å². The summed E-state index contributed by atoms with van der Waals surface area (Å²) in [5.41, 5.74) is 3.29. The van der Waals surface area contributed by atoms with Crippen LogP contribution in [-0.4, -0.2) is 149 Å². The van der Waals surface area contributed by atoms with Crippen LogP contribution in [0.25, 0.3) is 0 Å². The number of rotatable bonds is 39. The SMILES string of the molecule is CCC(CC(C)C(=O)Oc1ccc(C(=O)c2ccccc2)cc1)C(=O)NC(C)C.CCC(CC(C)C(=O)Oc1ccc(C(=O)c2ccccc2)cc1)C(=O)OCCOP(=O)([O-])OCC[N+](C)(C)C.CCCC[N+](C)(C)CCOC(=O)C(CC)CC(C)C(=O)Oc1ccc(C(=O)c2ccccc2)cc1. The van der Waals surface area contributed by atoms with Crippen molar-refractivity contribution in [1.82, 2.24) is 5.32 Å². The molecule has 0 aliphatic rings. The van der Waals surface area contributed by atoms with Gasteiger partial charge in [-0.1, -0.05) is 146 Å². The first-order valence-corrected chi connectivity index (χ1v) is 36.9. The lowest BCUT2D eigenvalue weighted by Gasteiger charge is -2.29. The Labute approximate surface area is 608 Å². The molecule has 0 spiro atoms. The number of carbonyl (C=O) groups is 9. The maximum absolute atomic E-state index is 12.6. The molecule has 21 nitrogen and oxygen atoms in total. The number of phosphoric acid groups is 1. The second-order valence-electron chi connectivity index (χ2n) is 27.5. The van der Waals surface area contributed by atoms with Gasteiger partial charge in [0.25, 0.3) is 7.82 Å². The molecular formula is C81H107N3O18P+. The third kappa shape index (κ3) is 32.2. The molecule has 0 aliphatic carbocycles. The van der Waals surface area contributed by atoms with Crippen LogP contribution in [0, 0.1) is 35.5 Å². The minimum Gasteiger partial charge on any atom is -0.756 e. The molecule has 0 heterocycles. The first-order chi connectivity index (χ1) is 48.8. The third-order valence-electron chi connectivity index (χ3n) is 16.8. The van der Waals surface area contributed by atoms with Crippen LogP contribution >= 0.6 is 7.82 Å². The van der Waals surface area contributed by atoms with E-state index in [1.807, 2.05) is 91.3 Å². The summed E-state index contributed by atoms with van der Waals surface area (Å²) < 4.78 is 49.8. The summed E-state index contributed by atoms with van der Waals surface area (Å²) in [7, 11) is 5.49. The Morgan fingerprint density at radius 2 is 0.718 bits per heavy atom. The van der Waals surface area contributed by atoms with Crippen LogP contribution in [0.3, 0.4) is 0 Å². The smallest absolute Gasteiger partial charge is 0.314 e. The van der Waals surface area contributed by atoms with Crippen molar-refractivity contribution in [2.45, 2.75) is 120 Å². The summed E-state index contributed by atoms with van der Waals surface area (Å²) >= 11 is 0. The van der Waals surface area contributed by atoms with Gasteiger partial charge in [-0.25, -0.2) is 0 Å². The van der Waals surface area contributed by atoms with Gasteiger partial charge in [0, 0.05) is 45.3 Å². The monoisotopic (exact) mass is 1440 g/mol. The number of benzene rings is 6. The van der Waals surface area contributed by atoms with Gasteiger partial charge in [0.05, 0.1) is 78.0 Å². The van der Waals surface area contributed by atoms with Crippen LogP contribution in [0.15, 0.2) is 164 Å². The van der Waals surface area contributed by atoms with Crippen molar-refractivity contribution in [2.75, 3.05) is 81.3 Å². The highest BCUT2D eigenvalue weighted by atomic mass is 31.2. The first kappa shape index (κ1) is 86.6. The van der Waals surface area contributed by atoms with Crippen molar-refractivity contribution >= 4 is 60.9 Å². The van der Waals surface area contributed by atoms with Crippen LogP contribution in [0.5, 0.6) is 17.2 Å². The summed E-state index contributed by atoms with van der Waals surface area (Å²) in [4.78, 5) is 124. The summed E-state index contributed by atoms with van der Waals surface area (Å²) in [6.07, 6.45) is 4.95. The van der Waals surface area contributed by atoms with E-state index in [2.05, 4.69) is 26.3 Å². The summed E-state index contributed by atoms with van der Waals surface area (Å²) in [6, 6.07) is 46.3. The number of hydrogen-bond donors (Lipinski definition) is 1. The van der Waals surface area contributed by atoms with E-state index in [-0.39, 0.29) is 85.1 Å². The number of quaternary nitrogens is 2. The van der Waals surface area contributed by atoms with E-state index in [4.69, 9.17) is 32.7 Å². The fourth-order valence-electron chi connectivity index (χ4n) is 10.3. The average molecular weight is 1440 g/mol. The molecule has 6 aromatic rings. The van der Waals surface area contributed by atoms with E-state index in [0.29, 0.717) is 94.6 Å². The predicted octanol–water partition coefficient (Wildman–Crippen LogP) is 13.3. The van der Waals surface area contributed by atoms with Gasteiger partial charge in [0.2, 0.25) is 5.91 Å². The second-order valence-corrected chi connectivity index (χ2v) is 28.9. The molecule has 6 rings (SSSR count). The van der Waals surface area contributed by atoms with Crippen molar-refractivity contribution in [3.8, 4) is 17.2 Å². The van der Waals surface area contributed by atoms with Gasteiger partial charge in [0.1, 0.15) is 50.2 Å². The highest BCUT2D eigenvalue weighted by Crippen LogP contribution is 2.38. The lowest BCUT2D eigenvalue weighted by molar-refractivity contribution is -0.890. The van der Waals surface area contributed by atoms with Gasteiger partial charge in [0.15, 0.2) is 17.3 Å². The molecule has 558 valence electrons. The molecule has 0 aromatic heterocycles. The number of ether oxygens (including phenoxy) is 5. The standard InChI is InChI=1S/C29H40NO5.C28H38NO9P.C24H29NO4/c1-6-8-18-30(4,5)19-20-34-29(33)23(7-2)21-22(3)28(32)35-26-16-14-25(15-17-26)27(31)24-12-10-9-11-13-24;1-6-22(28(32)35-18-19-37-39(33,34)36-17-16-29(3,4)5)20-21(2)27(31)38-25-14-12-24(13-15-25)26(30)23-10-8-7-9-11-23;1-5-18(23(27)25-16(2)3)15-17(4)24(28)29-21-13-11-20(12-14-21)22(26)19-9-7-6-8-10-19/h9-17,22-23H,6-8,18-21H2,1-5H3;7-15,21-22H,6,16-20H2,1-5H3;6-14,16-18H,5,15H2,1-4H3,(H,25,27)/q+1;;. The van der Waals surface area contributed by atoms with Crippen molar-refractivity contribution in [2.24, 2.45) is 35.5 Å². The van der Waals surface area contributed by atoms with E-state index in [1.165, 1.54) is 0 Å². The third-order valence-corrected chi connectivity index (χ3v) is 17.8. The number of hydrogen-bond acceptors (Lipinski definition) is 18. The molecule has 1 amide bonds. The fraction of sp³-hybridized carbons (Fsp3) is 0.444. The average Bonchev–Trinajstić information content (AvgIpc) is 0.864. The maximum Gasteiger partial charge on any atom is 0.314 e. The lowest BCUT2D eigenvalue weighted by Crippen LogP contribution is -2.43. The summed E-state index contributed by atoms with van der Waals surface area (Å²) in [6.45, 7) is 18.8. The van der Waals surface area contributed by atoms with Crippen molar-refractivity contribution < 1.29 is 94.3 Å². The van der Waals surface area contributed by atoms with Crippen molar-refractivity contribution in [3.63, 3.8) is 0 Å². The normalized spacial score (nSPS) is 13.6. The van der Waals surface area contributed by atoms with E-state index < -0.39 is 49.4 Å². The molecule has 1 N–H and O–H groups in total. The molecular weight excluding hydrogens is 1330 g/mol. The molecule has 7 atom stereocenters. The molecule has 0 fully saturated rings. The topological polar surface area (TPSA) is 270 Å². The van der Waals surface area contributed by atoms with Gasteiger partial charge in [-0.3, -0.25) is 47.7 Å². The zero-order chi connectivity index (χ0) is 76.3. The quantitative estimate of drug-likeness (QED) is 0.00938. The molecule has 7 unspecified atom stereocenters. The Bertz CT molecular complexity index is 3680. The van der Waals surface area contributed by atoms with Crippen molar-refractivity contribution in [1.29, 1.82) is 0 Å². The van der Waals surface area contributed by atoms with Crippen LogP contribution in [-0.2, 0) is 51.9 Å². The molecule has 0 saturated heterocycles. The van der Waals surface area contributed by atoms with Gasteiger partial charge >= 0.3 is 29.8 Å². The number of carbonyl (C=O) groups excluding carboxylic acids is 9. The molecule has 0 saturated carbocycles. The number of nitrogens with one attached hydrogen (secondary N) is 1. The molecule has 0 radical (unpaired) electrons. The maximum atomic E-state index is 12.6. The Morgan fingerprint density at radius 1 is 0.398 bits per heavy atom.